The average Bonchev–Trinajstić information content (AvgIpc) is 3.29. The quantitative estimate of drug-likeness (QED) is 0.466. The first-order valence-electron chi connectivity index (χ1n) is 12.3. The molecule has 1 aliphatic heterocycles. The molecule has 0 spiro atoms. The van der Waals surface area contributed by atoms with E-state index in [0.29, 0.717) is 30.1 Å². The number of ketones is 2. The van der Waals surface area contributed by atoms with Gasteiger partial charge in [-0.3, -0.25) is 14.5 Å². The molecule has 1 heterocycles. The zero-order chi connectivity index (χ0) is 24.2. The summed E-state index contributed by atoms with van der Waals surface area (Å²) in [6.45, 7) is 5.88. The molecule has 1 saturated heterocycles. The highest BCUT2D eigenvalue weighted by molar-refractivity contribution is 6.28. The number of fused-ring (bicyclic) bond motifs is 1. The minimum Gasteiger partial charge on any atom is -0.369 e. The summed E-state index contributed by atoms with van der Waals surface area (Å²) < 4.78 is 0. The number of nitrogens with zero attached hydrogens (tertiary/aromatic N) is 2. The van der Waals surface area contributed by atoms with E-state index in [9.17, 15) is 9.59 Å². The van der Waals surface area contributed by atoms with Gasteiger partial charge in [-0.15, -0.1) is 0 Å². The maximum Gasteiger partial charge on any atom is 0.196 e. The Kier molecular flexibility index (Phi) is 7.34. The van der Waals surface area contributed by atoms with Crippen molar-refractivity contribution in [3.05, 3.63) is 75.9 Å². The van der Waals surface area contributed by atoms with Crippen LogP contribution in [0.4, 0.5) is 5.69 Å². The van der Waals surface area contributed by atoms with E-state index >= 15 is 0 Å². The monoisotopic (exact) mass is 454 g/mol. The molecule has 34 heavy (non-hydrogen) atoms. The van der Waals surface area contributed by atoms with Gasteiger partial charge in [0.1, 0.15) is 0 Å². The van der Waals surface area contributed by atoms with Crippen molar-refractivity contribution in [3.63, 3.8) is 0 Å². The lowest BCUT2D eigenvalue weighted by Crippen LogP contribution is -2.28. The molecule has 1 unspecified atom stereocenters. The van der Waals surface area contributed by atoms with Crippen molar-refractivity contribution in [2.75, 3.05) is 32.1 Å². The van der Waals surface area contributed by atoms with E-state index in [1.165, 1.54) is 18.5 Å². The highest BCUT2D eigenvalue weighted by atomic mass is 16.1. The lowest BCUT2D eigenvalue weighted by molar-refractivity contribution is -0.114. The molecule has 0 saturated carbocycles. The molecule has 1 fully saturated rings. The van der Waals surface area contributed by atoms with Gasteiger partial charge in [0.2, 0.25) is 0 Å². The minimum absolute atomic E-state index is 0.130. The van der Waals surface area contributed by atoms with Gasteiger partial charge in [0.05, 0.1) is 12.1 Å². The molecule has 1 aliphatic carbocycles. The predicted octanol–water partition coefficient (Wildman–Crippen LogP) is 4.76. The molecule has 4 rings (SSSR count). The normalized spacial score (nSPS) is 17.3. The number of hydrogen-bond donors (Lipinski definition) is 0. The van der Waals surface area contributed by atoms with Crippen LogP contribution >= 0.6 is 0 Å². The van der Waals surface area contributed by atoms with Crippen LogP contribution in [-0.2, 0) is 17.6 Å². The number of carbonyl (C=O) groups is 2. The fourth-order valence-corrected chi connectivity index (χ4v) is 5.08. The summed E-state index contributed by atoms with van der Waals surface area (Å²) in [7, 11) is 3.99. The van der Waals surface area contributed by atoms with Gasteiger partial charge in [-0.2, -0.15) is 0 Å². The smallest absolute Gasteiger partial charge is 0.196 e. The summed E-state index contributed by atoms with van der Waals surface area (Å²) in [5, 5.41) is 0. The van der Waals surface area contributed by atoms with Gasteiger partial charge in [0.25, 0.3) is 0 Å². The van der Waals surface area contributed by atoms with E-state index in [4.69, 9.17) is 0 Å². The van der Waals surface area contributed by atoms with Crippen LogP contribution in [0.5, 0.6) is 0 Å². The first-order chi connectivity index (χ1) is 16.4. The molecule has 4 heteroatoms. The van der Waals surface area contributed by atoms with Crippen LogP contribution in [0.15, 0.2) is 48.0 Å². The number of rotatable bonds is 6. The van der Waals surface area contributed by atoms with E-state index in [2.05, 4.69) is 35.8 Å². The predicted molar refractivity (Wildman–Crippen MR) is 139 cm³/mol. The van der Waals surface area contributed by atoms with Crippen LogP contribution in [-0.4, -0.2) is 49.7 Å². The maximum atomic E-state index is 13.3. The number of allylic oxidation sites excluding steroid dienone is 2. The molecule has 2 aliphatic rings. The summed E-state index contributed by atoms with van der Waals surface area (Å²) in [5.74, 6) is 6.26. The summed E-state index contributed by atoms with van der Waals surface area (Å²) >= 11 is 0. The summed E-state index contributed by atoms with van der Waals surface area (Å²) in [5.41, 5.74) is 5.87. The summed E-state index contributed by atoms with van der Waals surface area (Å²) in [6, 6.07) is 12.7. The lowest BCUT2D eigenvalue weighted by Gasteiger charge is -2.26. The van der Waals surface area contributed by atoms with E-state index in [1.54, 1.807) is 6.08 Å². The van der Waals surface area contributed by atoms with Gasteiger partial charge < -0.3 is 4.90 Å². The molecular formula is C30H34N2O2. The van der Waals surface area contributed by atoms with Crippen molar-refractivity contribution < 1.29 is 9.59 Å². The van der Waals surface area contributed by atoms with E-state index in [-0.39, 0.29) is 18.0 Å². The van der Waals surface area contributed by atoms with Crippen LogP contribution in [0, 0.1) is 18.8 Å². The van der Waals surface area contributed by atoms with E-state index < -0.39 is 0 Å². The second-order valence-corrected chi connectivity index (χ2v) is 9.64. The number of Topliss-reactive ketones (excluding diaryl/α,β-unsaturated/α-hetero) is 2. The third-order valence-corrected chi connectivity index (χ3v) is 6.90. The second kappa shape index (κ2) is 10.4. The second-order valence-electron chi connectivity index (χ2n) is 9.64. The van der Waals surface area contributed by atoms with Crippen molar-refractivity contribution in [1.29, 1.82) is 0 Å². The zero-order valence-electron chi connectivity index (χ0n) is 20.8. The van der Waals surface area contributed by atoms with Crippen molar-refractivity contribution in [1.82, 2.24) is 4.90 Å². The van der Waals surface area contributed by atoms with Gasteiger partial charge in [-0.1, -0.05) is 49.1 Å². The molecule has 1 atom stereocenters. The van der Waals surface area contributed by atoms with E-state index in [1.807, 2.05) is 50.2 Å². The number of carbonyl (C=O) groups excluding carboxylic acids is 2. The molecule has 176 valence electrons. The van der Waals surface area contributed by atoms with Crippen molar-refractivity contribution in [2.45, 2.75) is 52.0 Å². The van der Waals surface area contributed by atoms with Crippen LogP contribution < -0.4 is 4.90 Å². The Morgan fingerprint density at radius 1 is 1.21 bits per heavy atom. The Morgan fingerprint density at radius 3 is 2.79 bits per heavy atom. The fourth-order valence-electron chi connectivity index (χ4n) is 5.08. The number of hydrogen-bond acceptors (Lipinski definition) is 4. The number of anilines is 1. The van der Waals surface area contributed by atoms with Gasteiger partial charge in [0, 0.05) is 35.8 Å². The topological polar surface area (TPSA) is 40.6 Å². The maximum absolute atomic E-state index is 13.3. The third-order valence-electron chi connectivity index (χ3n) is 6.90. The highest BCUT2D eigenvalue weighted by Gasteiger charge is 2.28. The Bertz CT molecular complexity index is 1200. The van der Waals surface area contributed by atoms with Gasteiger partial charge in [-0.25, -0.2) is 0 Å². The average molecular weight is 455 g/mol. The zero-order valence-corrected chi connectivity index (χ0v) is 20.8. The minimum atomic E-state index is -0.149. The number of benzene rings is 2. The Morgan fingerprint density at radius 2 is 2.03 bits per heavy atom. The SMILES string of the molecule is CCC1CCCN1c1ccc(CC(=O)C2=CCc3cccc(C)c3C2=O)c(C#CCN(C)C)c1. The summed E-state index contributed by atoms with van der Waals surface area (Å²) in [6.07, 6.45) is 6.15. The van der Waals surface area contributed by atoms with Crippen LogP contribution in [0.2, 0.25) is 0 Å². The Balaban J connectivity index is 1.62. The summed E-state index contributed by atoms with van der Waals surface area (Å²) in [4.78, 5) is 31.0. The molecular weight excluding hydrogens is 420 g/mol. The van der Waals surface area contributed by atoms with Crippen LogP contribution in [0.25, 0.3) is 0 Å². The standard InChI is InChI=1S/C30H34N2O2/c1-5-25-12-8-18-32(25)26-15-13-24(23(19-26)11-7-17-31(3)4)20-28(33)27-16-14-22-10-6-9-21(2)29(22)30(27)34/h6,9-10,13,15-16,19,25H,5,8,12,14,17-18,20H2,1-4H3. The molecule has 2 aromatic rings. The molecule has 4 nitrogen and oxygen atoms in total. The fraction of sp³-hybridized carbons (Fsp3) is 0.400. The first kappa shape index (κ1) is 24.0. The first-order valence-corrected chi connectivity index (χ1v) is 12.3. The van der Waals surface area contributed by atoms with Crippen LogP contribution in [0.3, 0.4) is 0 Å². The molecule has 0 amide bonds. The van der Waals surface area contributed by atoms with Gasteiger partial charge >= 0.3 is 0 Å². The van der Waals surface area contributed by atoms with Crippen molar-refractivity contribution in [3.8, 4) is 11.8 Å². The van der Waals surface area contributed by atoms with Crippen molar-refractivity contribution in [2.24, 2.45) is 0 Å². The van der Waals surface area contributed by atoms with Gasteiger partial charge in [-0.05, 0) is 75.5 Å². The molecule has 0 radical (unpaired) electrons. The largest absolute Gasteiger partial charge is 0.369 e. The molecule has 0 aromatic heterocycles. The van der Waals surface area contributed by atoms with Gasteiger partial charge in [0.15, 0.2) is 11.6 Å². The van der Waals surface area contributed by atoms with Crippen LogP contribution in [0.1, 0.15) is 58.8 Å². The highest BCUT2D eigenvalue weighted by Crippen LogP contribution is 2.30. The Labute approximate surface area is 203 Å². The van der Waals surface area contributed by atoms with E-state index in [0.717, 1.165) is 35.2 Å². The molecule has 0 bridgehead atoms. The molecule has 0 N–H and O–H groups in total. The molecule has 2 aromatic carbocycles. The lowest BCUT2D eigenvalue weighted by atomic mass is 9.84. The Hall–Kier alpha value is -3.16. The third kappa shape index (κ3) is 5.00. The van der Waals surface area contributed by atoms with Crippen molar-refractivity contribution >= 4 is 17.3 Å². The number of aryl methyl sites for hydroxylation is 1.